The Morgan fingerprint density at radius 3 is 2.14 bits per heavy atom. The molecule has 7 heteroatoms. The number of amides is 1. The molecule has 1 N–H and O–H groups in total. The third kappa shape index (κ3) is 4.91. The minimum Gasteiger partial charge on any atom is -0.497 e. The zero-order valence-electron chi connectivity index (χ0n) is 17.2. The molecule has 28 heavy (non-hydrogen) atoms. The SMILES string of the molecule is COc1ccc([C@H](C)NC(=O)CN(C)S(=O)(=O)c2c(C)cc(C)cc2C)cc1. The number of methoxy groups -OCH3 is 1. The Kier molecular flexibility index (Phi) is 6.85. The number of sulfonamides is 1. The lowest BCUT2D eigenvalue weighted by Crippen LogP contribution is -2.39. The minimum atomic E-state index is -3.77. The van der Waals surface area contributed by atoms with Gasteiger partial charge < -0.3 is 10.1 Å². The molecule has 0 heterocycles. The van der Waals surface area contributed by atoms with Crippen LogP contribution in [0.2, 0.25) is 0 Å². The van der Waals surface area contributed by atoms with Crippen molar-refractivity contribution in [3.63, 3.8) is 0 Å². The second-order valence-electron chi connectivity index (χ2n) is 7.05. The second kappa shape index (κ2) is 8.75. The van der Waals surface area contributed by atoms with Gasteiger partial charge in [-0.1, -0.05) is 29.8 Å². The Morgan fingerprint density at radius 1 is 1.11 bits per heavy atom. The topological polar surface area (TPSA) is 75.7 Å². The first-order chi connectivity index (χ1) is 13.1. The average molecular weight is 405 g/mol. The maximum Gasteiger partial charge on any atom is 0.243 e. The number of nitrogens with zero attached hydrogens (tertiary/aromatic N) is 1. The molecule has 6 nitrogen and oxygen atoms in total. The van der Waals surface area contributed by atoms with Gasteiger partial charge in [-0.15, -0.1) is 0 Å². The molecule has 0 aromatic heterocycles. The molecule has 0 unspecified atom stereocenters. The first-order valence-corrected chi connectivity index (χ1v) is 10.5. The molecule has 0 aliphatic carbocycles. The highest BCUT2D eigenvalue weighted by molar-refractivity contribution is 7.89. The predicted molar refractivity (Wildman–Crippen MR) is 110 cm³/mol. The summed E-state index contributed by atoms with van der Waals surface area (Å²) in [5.74, 6) is 0.369. The first-order valence-electron chi connectivity index (χ1n) is 9.03. The van der Waals surface area contributed by atoms with E-state index >= 15 is 0 Å². The van der Waals surface area contributed by atoms with Crippen LogP contribution in [-0.4, -0.2) is 39.3 Å². The number of ether oxygens (including phenoxy) is 1. The monoisotopic (exact) mass is 404 g/mol. The largest absolute Gasteiger partial charge is 0.497 e. The molecule has 2 aromatic carbocycles. The summed E-state index contributed by atoms with van der Waals surface area (Å²) in [6, 6.07) is 10.8. The van der Waals surface area contributed by atoms with Crippen LogP contribution in [0, 0.1) is 20.8 Å². The summed E-state index contributed by atoms with van der Waals surface area (Å²) >= 11 is 0. The third-order valence-electron chi connectivity index (χ3n) is 4.63. The van der Waals surface area contributed by atoms with Crippen molar-refractivity contribution in [1.82, 2.24) is 9.62 Å². The van der Waals surface area contributed by atoms with Crippen molar-refractivity contribution in [2.24, 2.45) is 0 Å². The van der Waals surface area contributed by atoms with E-state index in [0.717, 1.165) is 21.2 Å². The molecule has 0 aliphatic rings. The van der Waals surface area contributed by atoms with Crippen LogP contribution in [0.3, 0.4) is 0 Å². The highest BCUT2D eigenvalue weighted by Crippen LogP contribution is 2.24. The highest BCUT2D eigenvalue weighted by Gasteiger charge is 2.27. The molecular formula is C21H28N2O4S. The third-order valence-corrected chi connectivity index (χ3v) is 6.74. The summed E-state index contributed by atoms with van der Waals surface area (Å²) in [5, 5.41) is 2.84. The van der Waals surface area contributed by atoms with Gasteiger partial charge in [0, 0.05) is 7.05 Å². The Bertz CT molecular complexity index is 930. The van der Waals surface area contributed by atoms with Crippen molar-refractivity contribution >= 4 is 15.9 Å². The van der Waals surface area contributed by atoms with Gasteiger partial charge in [0.25, 0.3) is 0 Å². The highest BCUT2D eigenvalue weighted by atomic mass is 32.2. The summed E-state index contributed by atoms with van der Waals surface area (Å²) in [6.07, 6.45) is 0. The Labute approximate surface area is 167 Å². The molecule has 0 aliphatic heterocycles. The molecule has 0 bridgehead atoms. The van der Waals surface area contributed by atoms with E-state index in [1.54, 1.807) is 21.0 Å². The van der Waals surface area contributed by atoms with E-state index in [1.165, 1.54) is 7.05 Å². The molecule has 0 spiro atoms. The average Bonchev–Trinajstić information content (AvgIpc) is 2.60. The van der Waals surface area contributed by atoms with Gasteiger partial charge in [-0.25, -0.2) is 8.42 Å². The lowest BCUT2D eigenvalue weighted by atomic mass is 10.1. The van der Waals surface area contributed by atoms with E-state index in [-0.39, 0.29) is 23.4 Å². The van der Waals surface area contributed by atoms with Crippen LogP contribution in [0.15, 0.2) is 41.3 Å². The molecule has 2 rings (SSSR count). The molecular weight excluding hydrogens is 376 g/mol. The maximum atomic E-state index is 13.0. The molecule has 1 atom stereocenters. The van der Waals surface area contributed by atoms with Gasteiger partial charge in [-0.3, -0.25) is 4.79 Å². The number of aryl methyl sites for hydroxylation is 3. The normalized spacial score (nSPS) is 12.7. The Hall–Kier alpha value is -2.38. The zero-order valence-corrected chi connectivity index (χ0v) is 18.1. The first kappa shape index (κ1) is 21.9. The van der Waals surface area contributed by atoms with Crippen LogP contribution >= 0.6 is 0 Å². The van der Waals surface area contributed by atoms with Crippen LogP contribution < -0.4 is 10.1 Å². The smallest absolute Gasteiger partial charge is 0.243 e. The number of rotatable bonds is 7. The van der Waals surface area contributed by atoms with E-state index in [1.807, 2.05) is 50.2 Å². The van der Waals surface area contributed by atoms with Gasteiger partial charge in [-0.2, -0.15) is 4.31 Å². The van der Waals surface area contributed by atoms with E-state index in [2.05, 4.69) is 5.32 Å². The lowest BCUT2D eigenvalue weighted by Gasteiger charge is -2.21. The fraction of sp³-hybridized carbons (Fsp3) is 0.381. The summed E-state index contributed by atoms with van der Waals surface area (Å²) in [7, 11) is -0.752. The van der Waals surface area contributed by atoms with Gasteiger partial charge in [0.05, 0.1) is 24.6 Å². The minimum absolute atomic E-state index is 0.252. The van der Waals surface area contributed by atoms with E-state index in [9.17, 15) is 13.2 Å². The zero-order chi connectivity index (χ0) is 21.1. The van der Waals surface area contributed by atoms with Crippen LogP contribution in [0.4, 0.5) is 0 Å². The molecule has 2 aromatic rings. The van der Waals surface area contributed by atoms with Crippen molar-refractivity contribution in [2.75, 3.05) is 20.7 Å². The molecule has 152 valence electrons. The number of benzene rings is 2. The quantitative estimate of drug-likeness (QED) is 0.769. The van der Waals surface area contributed by atoms with E-state index in [0.29, 0.717) is 11.1 Å². The Morgan fingerprint density at radius 2 is 1.64 bits per heavy atom. The van der Waals surface area contributed by atoms with E-state index in [4.69, 9.17) is 4.74 Å². The van der Waals surface area contributed by atoms with Gasteiger partial charge >= 0.3 is 0 Å². The molecule has 0 saturated heterocycles. The number of carbonyl (C=O) groups excluding carboxylic acids is 1. The van der Waals surface area contributed by atoms with Crippen molar-refractivity contribution in [3.8, 4) is 5.75 Å². The predicted octanol–water partition coefficient (Wildman–Crippen LogP) is 3.12. The van der Waals surface area contributed by atoms with Crippen molar-refractivity contribution in [1.29, 1.82) is 0 Å². The Balaban J connectivity index is 2.10. The number of hydrogen-bond donors (Lipinski definition) is 1. The van der Waals surface area contributed by atoms with Crippen LogP contribution in [-0.2, 0) is 14.8 Å². The summed E-state index contributed by atoms with van der Waals surface area (Å²) in [6.45, 7) is 7.06. The lowest BCUT2D eigenvalue weighted by molar-refractivity contribution is -0.121. The number of nitrogens with one attached hydrogen (secondary N) is 1. The van der Waals surface area contributed by atoms with Crippen molar-refractivity contribution in [3.05, 3.63) is 58.7 Å². The fourth-order valence-corrected chi connectivity index (χ4v) is 4.81. The molecule has 0 radical (unpaired) electrons. The molecule has 0 fully saturated rings. The van der Waals surface area contributed by atoms with Gasteiger partial charge in [0.2, 0.25) is 15.9 Å². The summed E-state index contributed by atoms with van der Waals surface area (Å²) < 4.78 is 32.2. The fourth-order valence-electron chi connectivity index (χ4n) is 3.28. The summed E-state index contributed by atoms with van der Waals surface area (Å²) in [4.78, 5) is 12.7. The number of carbonyl (C=O) groups is 1. The van der Waals surface area contributed by atoms with Gasteiger partial charge in [-0.05, 0) is 56.5 Å². The van der Waals surface area contributed by atoms with Gasteiger partial charge in [0.1, 0.15) is 5.75 Å². The molecule has 0 saturated carbocycles. The maximum absolute atomic E-state index is 13.0. The van der Waals surface area contributed by atoms with Crippen LogP contribution in [0.5, 0.6) is 5.75 Å². The molecule has 1 amide bonds. The van der Waals surface area contributed by atoms with Crippen molar-refractivity contribution in [2.45, 2.75) is 38.6 Å². The number of hydrogen-bond acceptors (Lipinski definition) is 4. The van der Waals surface area contributed by atoms with Crippen LogP contribution in [0.25, 0.3) is 0 Å². The van der Waals surface area contributed by atoms with E-state index < -0.39 is 10.0 Å². The summed E-state index contributed by atoms with van der Waals surface area (Å²) in [5.41, 5.74) is 3.26. The van der Waals surface area contributed by atoms with Crippen molar-refractivity contribution < 1.29 is 17.9 Å². The van der Waals surface area contributed by atoms with Crippen LogP contribution in [0.1, 0.15) is 35.2 Å². The number of likely N-dealkylation sites (N-methyl/N-ethyl adjacent to an activating group) is 1. The second-order valence-corrected chi connectivity index (χ2v) is 9.03. The standard InChI is InChI=1S/C21H28N2O4S/c1-14-11-15(2)21(16(3)12-14)28(25,26)23(5)13-20(24)22-17(4)18-7-9-19(27-6)10-8-18/h7-12,17H,13H2,1-6H3,(H,22,24)/t17-/m0/s1. The van der Waals surface area contributed by atoms with Gasteiger partial charge in [0.15, 0.2) is 0 Å².